The molecule has 76 heavy (non-hydrogen) atoms. The minimum Gasteiger partial charge on any atom is -0.496 e. The van der Waals surface area contributed by atoms with E-state index in [1.54, 1.807) is 59.2 Å². The number of esters is 1. The number of allylic oxidation sites excluding steroid dienone is 3. The summed E-state index contributed by atoms with van der Waals surface area (Å²) in [6.45, 7) is 13.1. The molecule has 8 N–H and O–H groups in total. The number of ketones is 1. The van der Waals surface area contributed by atoms with Crippen molar-refractivity contribution in [1.29, 1.82) is 0 Å². The molecule has 0 aliphatic carbocycles. The number of nitrogens with one attached hydrogen (secondary N) is 3. The summed E-state index contributed by atoms with van der Waals surface area (Å²) in [7, 11) is 4.67. The molecule has 19 heteroatoms. The lowest BCUT2D eigenvalue weighted by atomic mass is 9.83. The summed E-state index contributed by atoms with van der Waals surface area (Å²) in [4.78, 5) is 80.1. The van der Waals surface area contributed by atoms with Crippen molar-refractivity contribution in [2.45, 2.75) is 135 Å². The Morgan fingerprint density at radius 2 is 1.71 bits per heavy atom. The van der Waals surface area contributed by atoms with Gasteiger partial charge in [-0.1, -0.05) is 82.7 Å². The molecule has 3 heterocycles. The van der Waals surface area contributed by atoms with Gasteiger partial charge in [0.25, 0.3) is 0 Å². The lowest BCUT2D eigenvalue weighted by Gasteiger charge is -2.42. The molecule has 3 aromatic carbocycles. The van der Waals surface area contributed by atoms with E-state index in [-0.39, 0.29) is 55.9 Å². The molecule has 3 aromatic rings. The molecule has 0 saturated carbocycles. The van der Waals surface area contributed by atoms with Crippen LogP contribution in [0.5, 0.6) is 11.5 Å². The number of benzene rings is 3. The van der Waals surface area contributed by atoms with Gasteiger partial charge in [-0.3, -0.25) is 24.5 Å². The second-order valence-electron chi connectivity index (χ2n) is 21.0. The standard InChI is InChI=1S/C57H76N6O13/c1-32(2)50(58)43(64)28-39(14-12-24-60-54(59)68)52(66)61-40-20-16-36(17-21-40)31-73-41-22-18-38(19-23-41)49-42-26-37(27-44(49)71-9)25-34(5)13-11-15-46(72-10)57(70)30-45(74-55(69)62-57)35(6)51-56(7,76-51)47(29-48(65)63(42)8)75-53(67)33(3)4/h11,13,15-23,26-27,32-33,35,39,45-47,50-51,70H,12,14,24-25,28-31,58H2,1-10H3,(H,61,66)(H,62,69)(H3,59,60,68)/b15-11+,34-13+/t35-,39-,45+,46-,47+,50+,51+,56+,57+/m1/s1. The quantitative estimate of drug-likeness (QED) is 0.0432. The molecular weight excluding hydrogens is 977 g/mol. The molecule has 5 amide bonds. The van der Waals surface area contributed by atoms with E-state index < -0.39 is 77.6 Å². The predicted octanol–water partition coefficient (Wildman–Crippen LogP) is 6.86. The van der Waals surface area contributed by atoms with Crippen molar-refractivity contribution in [2.24, 2.45) is 35.1 Å². The monoisotopic (exact) mass is 1050 g/mol. The van der Waals surface area contributed by atoms with E-state index in [0.717, 1.165) is 22.3 Å². The number of fused-ring (bicyclic) bond motifs is 5. The number of ether oxygens (including phenoxy) is 6. The number of carbonyl (C=O) groups is 6. The molecule has 19 nitrogen and oxygen atoms in total. The van der Waals surface area contributed by atoms with E-state index in [1.165, 1.54) is 12.0 Å². The second-order valence-corrected chi connectivity index (χ2v) is 21.0. The van der Waals surface area contributed by atoms with Gasteiger partial charge in [-0.25, -0.2) is 9.59 Å². The van der Waals surface area contributed by atoms with Gasteiger partial charge < -0.3 is 60.5 Å². The molecular formula is C57H76N6O13. The zero-order valence-electron chi connectivity index (χ0n) is 45.3. The highest BCUT2D eigenvalue weighted by Gasteiger charge is 2.64. The largest absolute Gasteiger partial charge is 0.496 e. The Morgan fingerprint density at radius 3 is 2.34 bits per heavy atom. The first kappa shape index (κ1) is 58.5. The molecule has 0 spiro atoms. The summed E-state index contributed by atoms with van der Waals surface area (Å²) in [5, 5.41) is 19.8. The van der Waals surface area contributed by atoms with Crippen LogP contribution < -0.4 is 41.8 Å². The smallest absolute Gasteiger partial charge is 0.409 e. The third kappa shape index (κ3) is 14.6. The molecule has 9 atom stereocenters. The van der Waals surface area contributed by atoms with Crippen LogP contribution in [0.25, 0.3) is 11.1 Å². The summed E-state index contributed by atoms with van der Waals surface area (Å²) in [5.74, 6) is -2.12. The van der Waals surface area contributed by atoms with Gasteiger partial charge in [-0.05, 0) is 92.1 Å². The number of methoxy groups -OCH3 is 2. The predicted molar refractivity (Wildman–Crippen MR) is 286 cm³/mol. The minimum absolute atomic E-state index is 0.0333. The summed E-state index contributed by atoms with van der Waals surface area (Å²) in [6.07, 6.45) is 1.95. The van der Waals surface area contributed by atoms with Crippen molar-refractivity contribution in [3.05, 3.63) is 95.6 Å². The zero-order chi connectivity index (χ0) is 55.6. The van der Waals surface area contributed by atoms with Crippen LogP contribution in [0.15, 0.2) is 84.5 Å². The number of Topliss-reactive ketones (excluding diaryl/α,β-unsaturated/α-hetero) is 1. The van der Waals surface area contributed by atoms with Gasteiger partial charge in [0, 0.05) is 56.6 Å². The first-order valence-electron chi connectivity index (χ1n) is 25.8. The molecule has 4 bridgehead atoms. The number of hydrogen-bond donors (Lipinski definition) is 6. The number of primary amides is 1. The Balaban J connectivity index is 1.25. The molecule has 2 fully saturated rings. The highest BCUT2D eigenvalue weighted by molar-refractivity contribution is 6.00. The first-order valence-corrected chi connectivity index (χ1v) is 25.8. The topological polar surface area (TPSA) is 273 Å². The number of amides is 5. The summed E-state index contributed by atoms with van der Waals surface area (Å²) < 4.78 is 36.1. The molecule has 0 unspecified atom stereocenters. The van der Waals surface area contributed by atoms with Crippen LogP contribution in [0.1, 0.15) is 91.7 Å². The van der Waals surface area contributed by atoms with Gasteiger partial charge in [0.15, 0.2) is 11.5 Å². The maximum absolute atomic E-state index is 14.7. The number of epoxide rings is 1. The van der Waals surface area contributed by atoms with Crippen LogP contribution in [0.3, 0.4) is 0 Å². The molecule has 412 valence electrons. The third-order valence-electron chi connectivity index (χ3n) is 14.4. The maximum Gasteiger partial charge on any atom is 0.409 e. The molecule has 0 aromatic heterocycles. The number of carbonyl (C=O) groups excluding carboxylic acids is 6. The maximum atomic E-state index is 14.7. The number of alkyl carbamates (subject to hydrolysis) is 1. The molecule has 0 radical (unpaired) electrons. The van der Waals surface area contributed by atoms with Crippen LogP contribution in [-0.4, -0.2) is 110 Å². The van der Waals surface area contributed by atoms with Crippen LogP contribution in [-0.2, 0) is 51.2 Å². The van der Waals surface area contributed by atoms with Crippen molar-refractivity contribution in [2.75, 3.05) is 38.0 Å². The van der Waals surface area contributed by atoms with Gasteiger partial charge in [-0.15, -0.1) is 0 Å². The Hall–Kier alpha value is -6.80. The van der Waals surface area contributed by atoms with Gasteiger partial charge in [0.2, 0.25) is 11.8 Å². The van der Waals surface area contributed by atoms with Gasteiger partial charge in [-0.2, -0.15) is 0 Å². The summed E-state index contributed by atoms with van der Waals surface area (Å²) in [5.41, 5.74) is 13.3. The SMILES string of the molecule is COc1cc2cc(c1-c1ccc(OCc3ccc(NC(=O)[C@H](CCCNC(N)=O)CC(=O)[C@@H](N)C(C)C)cc3)cc1)N(C)C(=O)C[C@H](OC(=O)C(C)C)[C@]1(C)O[C@H]1[C@H](C)[C@@H]1C[C@@](O)(NC(=O)O1)[C@H](OC)/C=C/C=C(\C)C2. The van der Waals surface area contributed by atoms with Crippen molar-refractivity contribution >= 4 is 47.1 Å². The Kier molecular flexibility index (Phi) is 19.5. The lowest BCUT2D eigenvalue weighted by molar-refractivity contribution is -0.157. The number of nitrogens with two attached hydrogens (primary N) is 2. The van der Waals surface area contributed by atoms with Gasteiger partial charge >= 0.3 is 18.1 Å². The number of urea groups is 1. The fraction of sp³-hybridized carbons (Fsp3) is 0.509. The number of rotatable bonds is 18. The van der Waals surface area contributed by atoms with Crippen LogP contribution in [0.2, 0.25) is 0 Å². The van der Waals surface area contributed by atoms with E-state index in [4.69, 9.17) is 39.9 Å². The first-order chi connectivity index (χ1) is 36.0. The number of aliphatic hydroxyl groups is 1. The molecule has 3 aliphatic rings. The van der Waals surface area contributed by atoms with E-state index >= 15 is 0 Å². The minimum atomic E-state index is -1.83. The van der Waals surface area contributed by atoms with Crippen molar-refractivity contribution in [3.8, 4) is 22.6 Å². The molecule has 3 aliphatic heterocycles. The van der Waals surface area contributed by atoms with Crippen LogP contribution >= 0.6 is 0 Å². The van der Waals surface area contributed by atoms with Crippen molar-refractivity contribution < 1.29 is 62.3 Å². The third-order valence-corrected chi connectivity index (χ3v) is 14.4. The zero-order valence-corrected chi connectivity index (χ0v) is 45.3. The van der Waals surface area contributed by atoms with E-state index in [0.29, 0.717) is 47.7 Å². The lowest BCUT2D eigenvalue weighted by Crippen LogP contribution is -2.63. The number of anilines is 2. The van der Waals surface area contributed by atoms with E-state index in [2.05, 4.69) is 16.0 Å². The number of hydrogen-bond acceptors (Lipinski definition) is 14. The van der Waals surface area contributed by atoms with Crippen LogP contribution in [0, 0.1) is 23.7 Å². The van der Waals surface area contributed by atoms with Crippen molar-refractivity contribution in [3.63, 3.8) is 0 Å². The van der Waals surface area contributed by atoms with E-state index in [9.17, 15) is 33.9 Å². The Bertz CT molecular complexity index is 2640. The average Bonchev–Trinajstić information content (AvgIpc) is 4.08. The second kappa shape index (κ2) is 25.4. The molecule has 2 saturated heterocycles. The number of nitrogens with zero attached hydrogens (tertiary/aromatic N) is 1. The Morgan fingerprint density at radius 1 is 1.01 bits per heavy atom. The highest BCUT2D eigenvalue weighted by atomic mass is 16.7. The average molecular weight is 1050 g/mol. The van der Waals surface area contributed by atoms with E-state index in [1.807, 2.05) is 82.3 Å². The van der Waals surface area contributed by atoms with Crippen LogP contribution in [0.4, 0.5) is 21.0 Å². The fourth-order valence-electron chi connectivity index (χ4n) is 9.67. The summed E-state index contributed by atoms with van der Waals surface area (Å²) >= 11 is 0. The fourth-order valence-corrected chi connectivity index (χ4v) is 9.67. The van der Waals surface area contributed by atoms with Gasteiger partial charge in [0.05, 0.1) is 37.3 Å². The van der Waals surface area contributed by atoms with Gasteiger partial charge in [0.1, 0.15) is 42.0 Å². The Labute approximate surface area is 445 Å². The summed E-state index contributed by atoms with van der Waals surface area (Å²) in [6, 6.07) is 17.0. The normalized spacial score (nSPS) is 25.6. The molecule has 6 rings (SSSR count). The van der Waals surface area contributed by atoms with Crippen molar-refractivity contribution in [1.82, 2.24) is 10.6 Å². The highest BCUT2D eigenvalue weighted by Crippen LogP contribution is 2.49.